The molecule has 0 atom stereocenters. The molecule has 84 valence electrons. The monoisotopic (exact) mass is 246 g/mol. The molecule has 0 aliphatic carbocycles. The third-order valence-electron chi connectivity index (χ3n) is 1.61. The Balaban J connectivity index is 3.48. The highest BCUT2D eigenvalue weighted by Gasteiger charge is 2.36. The summed E-state index contributed by atoms with van der Waals surface area (Å²) in [4.78, 5) is 0. The zero-order chi connectivity index (χ0) is 11.8. The van der Waals surface area contributed by atoms with Crippen LogP contribution in [0, 0.1) is 11.6 Å². The van der Waals surface area contributed by atoms with Gasteiger partial charge in [0.05, 0.1) is 5.56 Å². The van der Waals surface area contributed by atoms with E-state index in [1.165, 1.54) is 0 Å². The smallest absolute Gasteiger partial charge is 0.320 e. The molecule has 15 heavy (non-hydrogen) atoms. The van der Waals surface area contributed by atoms with Gasteiger partial charge in [0.15, 0.2) is 5.82 Å². The number of nitrogen functional groups attached to an aromatic ring is 1. The largest absolute Gasteiger partial charge is 0.419 e. The number of benzene rings is 1. The maximum absolute atomic E-state index is 13.0. The summed E-state index contributed by atoms with van der Waals surface area (Å²) in [7, 11) is 0. The van der Waals surface area contributed by atoms with E-state index in [1.54, 1.807) is 5.43 Å². The molecule has 0 aliphatic heterocycles. The van der Waals surface area contributed by atoms with Crippen molar-refractivity contribution in [2.45, 2.75) is 6.18 Å². The molecule has 2 nitrogen and oxygen atoms in total. The van der Waals surface area contributed by atoms with Crippen molar-refractivity contribution < 1.29 is 22.0 Å². The van der Waals surface area contributed by atoms with Crippen molar-refractivity contribution in [1.82, 2.24) is 0 Å². The van der Waals surface area contributed by atoms with Crippen LogP contribution in [-0.4, -0.2) is 0 Å². The number of rotatable bonds is 1. The summed E-state index contributed by atoms with van der Waals surface area (Å²) in [6.45, 7) is 0. The van der Waals surface area contributed by atoms with Gasteiger partial charge in [0.2, 0.25) is 0 Å². The maximum atomic E-state index is 13.0. The lowest BCUT2D eigenvalue weighted by atomic mass is 10.1. The minimum absolute atomic E-state index is 0.0175. The SMILES string of the molecule is NNc1c(F)cc(C(F)(F)F)c(F)c1Cl. The molecule has 0 saturated heterocycles. The normalized spacial score (nSPS) is 11.7. The van der Waals surface area contributed by atoms with Gasteiger partial charge in [-0.25, -0.2) is 8.78 Å². The second-order valence-electron chi connectivity index (χ2n) is 2.55. The molecular weight excluding hydrogens is 243 g/mol. The first kappa shape index (κ1) is 12.0. The number of nitrogens with two attached hydrogens (primary N) is 1. The number of hydrogen-bond donors (Lipinski definition) is 2. The molecule has 1 aromatic rings. The Morgan fingerprint density at radius 3 is 2.20 bits per heavy atom. The van der Waals surface area contributed by atoms with Crippen LogP contribution in [0.4, 0.5) is 27.6 Å². The van der Waals surface area contributed by atoms with Crippen LogP contribution in [0.5, 0.6) is 0 Å². The highest BCUT2D eigenvalue weighted by atomic mass is 35.5. The number of nitrogens with one attached hydrogen (secondary N) is 1. The van der Waals surface area contributed by atoms with Gasteiger partial charge < -0.3 is 5.43 Å². The van der Waals surface area contributed by atoms with E-state index in [9.17, 15) is 22.0 Å². The zero-order valence-corrected chi connectivity index (χ0v) is 7.68. The van der Waals surface area contributed by atoms with Gasteiger partial charge in [-0.05, 0) is 6.07 Å². The van der Waals surface area contributed by atoms with Gasteiger partial charge in [-0.2, -0.15) is 13.2 Å². The fourth-order valence-electron chi connectivity index (χ4n) is 0.934. The summed E-state index contributed by atoms with van der Waals surface area (Å²) in [5.41, 5.74) is -0.826. The van der Waals surface area contributed by atoms with Crippen LogP contribution < -0.4 is 11.3 Å². The van der Waals surface area contributed by atoms with Crippen molar-refractivity contribution in [3.05, 3.63) is 28.3 Å². The number of halogens is 6. The predicted octanol–water partition coefficient (Wildman–Crippen LogP) is 2.92. The number of hydrazine groups is 1. The van der Waals surface area contributed by atoms with Gasteiger partial charge >= 0.3 is 6.18 Å². The Labute approximate surface area is 85.8 Å². The summed E-state index contributed by atoms with van der Waals surface area (Å²) >= 11 is 5.15. The first-order chi connectivity index (χ1) is 6.79. The molecule has 0 amide bonds. The van der Waals surface area contributed by atoms with Crippen LogP contribution >= 0.6 is 11.6 Å². The van der Waals surface area contributed by atoms with E-state index >= 15 is 0 Å². The molecule has 3 N–H and O–H groups in total. The molecule has 0 bridgehead atoms. The first-order valence-electron chi connectivity index (χ1n) is 3.50. The third-order valence-corrected chi connectivity index (χ3v) is 1.96. The summed E-state index contributed by atoms with van der Waals surface area (Å²) in [5.74, 6) is 1.61. The summed E-state index contributed by atoms with van der Waals surface area (Å²) in [5, 5.41) is -1.04. The Morgan fingerprint density at radius 2 is 1.80 bits per heavy atom. The van der Waals surface area contributed by atoms with E-state index in [4.69, 9.17) is 17.4 Å². The van der Waals surface area contributed by atoms with Crippen molar-refractivity contribution in [2.24, 2.45) is 5.84 Å². The fraction of sp³-hybridized carbons (Fsp3) is 0.143. The predicted molar refractivity (Wildman–Crippen MR) is 44.2 cm³/mol. The Morgan fingerprint density at radius 1 is 1.27 bits per heavy atom. The van der Waals surface area contributed by atoms with E-state index in [2.05, 4.69) is 0 Å². The van der Waals surface area contributed by atoms with Gasteiger partial charge in [0, 0.05) is 0 Å². The van der Waals surface area contributed by atoms with Crippen LogP contribution in [0.3, 0.4) is 0 Å². The molecule has 1 aromatic carbocycles. The van der Waals surface area contributed by atoms with Crippen molar-refractivity contribution in [2.75, 3.05) is 5.43 Å². The van der Waals surface area contributed by atoms with Crippen LogP contribution in [-0.2, 0) is 6.18 Å². The second-order valence-corrected chi connectivity index (χ2v) is 2.93. The summed E-state index contributed by atoms with van der Waals surface area (Å²) in [6.07, 6.45) is -5.01. The second kappa shape index (κ2) is 3.82. The maximum Gasteiger partial charge on any atom is 0.419 e. The quantitative estimate of drug-likeness (QED) is 0.346. The Kier molecular flexibility index (Phi) is 3.05. The molecule has 0 fully saturated rings. The van der Waals surface area contributed by atoms with Crippen molar-refractivity contribution in [3.63, 3.8) is 0 Å². The van der Waals surface area contributed by atoms with Crippen molar-refractivity contribution >= 4 is 17.3 Å². The van der Waals surface area contributed by atoms with E-state index < -0.39 is 34.1 Å². The Hall–Kier alpha value is -1.08. The average Bonchev–Trinajstić information content (AvgIpc) is 2.10. The van der Waals surface area contributed by atoms with Gasteiger partial charge in [-0.3, -0.25) is 5.84 Å². The third kappa shape index (κ3) is 2.13. The van der Waals surface area contributed by atoms with Crippen molar-refractivity contribution in [3.8, 4) is 0 Å². The van der Waals surface area contributed by atoms with E-state index in [1.807, 2.05) is 0 Å². The highest BCUT2D eigenvalue weighted by Crippen LogP contribution is 2.38. The molecular formula is C7H4ClF5N2. The van der Waals surface area contributed by atoms with Gasteiger partial charge in [-0.1, -0.05) is 11.6 Å². The summed E-state index contributed by atoms with van der Waals surface area (Å²) < 4.78 is 62.3. The first-order valence-corrected chi connectivity index (χ1v) is 3.88. The molecule has 0 unspecified atom stereocenters. The van der Waals surface area contributed by atoms with Crippen molar-refractivity contribution in [1.29, 1.82) is 0 Å². The summed E-state index contributed by atoms with van der Waals surface area (Å²) in [6, 6.07) is -0.0175. The van der Waals surface area contributed by atoms with E-state index in [0.717, 1.165) is 0 Å². The minimum Gasteiger partial charge on any atom is -0.320 e. The van der Waals surface area contributed by atoms with Crippen LogP contribution in [0.2, 0.25) is 5.02 Å². The zero-order valence-electron chi connectivity index (χ0n) is 6.92. The van der Waals surface area contributed by atoms with Crippen LogP contribution in [0.15, 0.2) is 6.07 Å². The van der Waals surface area contributed by atoms with E-state index in [0.29, 0.717) is 0 Å². The highest BCUT2D eigenvalue weighted by molar-refractivity contribution is 6.33. The number of anilines is 1. The molecule has 0 aromatic heterocycles. The molecule has 8 heteroatoms. The molecule has 0 heterocycles. The fourth-order valence-corrected chi connectivity index (χ4v) is 1.18. The molecule has 1 rings (SSSR count). The standard InChI is InChI=1S/C7H4ClF5N2/c8-4-5(10)2(7(11,12)13)1-3(9)6(4)15-14/h1,15H,14H2. The average molecular weight is 247 g/mol. The molecule has 0 saturated carbocycles. The van der Waals surface area contributed by atoms with Crippen LogP contribution in [0.1, 0.15) is 5.56 Å². The van der Waals surface area contributed by atoms with Gasteiger partial charge in [0.25, 0.3) is 0 Å². The molecule has 0 radical (unpaired) electrons. The Bertz CT molecular complexity index is 390. The lowest BCUT2D eigenvalue weighted by molar-refractivity contribution is -0.140. The molecule has 0 aliphatic rings. The minimum atomic E-state index is -5.01. The molecule has 0 spiro atoms. The van der Waals surface area contributed by atoms with Crippen LogP contribution in [0.25, 0.3) is 0 Å². The topological polar surface area (TPSA) is 38.0 Å². The van der Waals surface area contributed by atoms with E-state index in [-0.39, 0.29) is 6.07 Å². The van der Waals surface area contributed by atoms with Gasteiger partial charge in [0.1, 0.15) is 16.5 Å². The number of hydrogen-bond acceptors (Lipinski definition) is 2. The lowest BCUT2D eigenvalue weighted by Gasteiger charge is -2.12. The number of alkyl halides is 3. The van der Waals surface area contributed by atoms with Gasteiger partial charge in [-0.15, -0.1) is 0 Å². The lowest BCUT2D eigenvalue weighted by Crippen LogP contribution is -2.14.